The van der Waals surface area contributed by atoms with Crippen LogP contribution in [-0.4, -0.2) is 65.7 Å². The van der Waals surface area contributed by atoms with Crippen molar-refractivity contribution in [3.63, 3.8) is 0 Å². The maximum atomic E-state index is 12.6. The summed E-state index contributed by atoms with van der Waals surface area (Å²) in [5.41, 5.74) is 0. The Morgan fingerprint density at radius 2 is 1.08 bits per heavy atom. The van der Waals surface area contributed by atoms with E-state index in [1.54, 1.807) is 0 Å². The lowest BCUT2D eigenvalue weighted by Crippen LogP contribution is -2.29. The van der Waals surface area contributed by atoms with Crippen LogP contribution in [0.1, 0.15) is 155 Å². The van der Waals surface area contributed by atoms with Crippen molar-refractivity contribution in [2.24, 2.45) is 0 Å². The van der Waals surface area contributed by atoms with Crippen LogP contribution < -0.4 is 0 Å². The molecule has 3 N–H and O–H groups in total. The van der Waals surface area contributed by atoms with Gasteiger partial charge in [0.25, 0.3) is 0 Å². The molecule has 11 heteroatoms. The highest BCUT2D eigenvalue weighted by Crippen LogP contribution is 2.43. The van der Waals surface area contributed by atoms with E-state index in [4.69, 9.17) is 19.1 Å². The third kappa shape index (κ3) is 36.1. The number of allylic oxidation sites excluding steroid dienone is 8. The SMILES string of the molecule is CC/C=C/C=C/C=C/C=C/CCCCCCCC(=O)O[C@H](COC(=O)CCCCCCCCCCCCCCC)COP(=O)(O)OC[C@@H](O)CO. The summed E-state index contributed by atoms with van der Waals surface area (Å²) >= 11 is 0. The Morgan fingerprint density at radius 1 is 0.608 bits per heavy atom. The minimum absolute atomic E-state index is 0.158. The molecular weight excluding hydrogens is 671 g/mol. The van der Waals surface area contributed by atoms with Gasteiger partial charge < -0.3 is 24.6 Å². The van der Waals surface area contributed by atoms with E-state index in [1.807, 2.05) is 36.5 Å². The Labute approximate surface area is 309 Å². The summed E-state index contributed by atoms with van der Waals surface area (Å²) in [7, 11) is -4.62. The summed E-state index contributed by atoms with van der Waals surface area (Å²) in [4.78, 5) is 34.8. The van der Waals surface area contributed by atoms with Crippen molar-refractivity contribution in [1.82, 2.24) is 0 Å². The summed E-state index contributed by atoms with van der Waals surface area (Å²) in [6.45, 7) is 2.20. The van der Waals surface area contributed by atoms with Crippen LogP contribution in [0, 0.1) is 0 Å². The maximum absolute atomic E-state index is 12.6. The molecule has 0 aliphatic rings. The van der Waals surface area contributed by atoms with Gasteiger partial charge in [-0.05, 0) is 32.1 Å². The molecule has 0 aliphatic carbocycles. The predicted octanol–water partition coefficient (Wildman–Crippen LogP) is 9.77. The van der Waals surface area contributed by atoms with Crippen molar-refractivity contribution in [2.45, 2.75) is 167 Å². The molecule has 0 aromatic carbocycles. The van der Waals surface area contributed by atoms with Crippen molar-refractivity contribution < 1.29 is 47.8 Å². The number of hydrogen-bond donors (Lipinski definition) is 3. The molecule has 0 aromatic heterocycles. The van der Waals surface area contributed by atoms with Gasteiger partial charge in [0.2, 0.25) is 0 Å². The molecule has 296 valence electrons. The van der Waals surface area contributed by atoms with Crippen molar-refractivity contribution in [1.29, 1.82) is 0 Å². The zero-order valence-corrected chi connectivity index (χ0v) is 32.7. The predicted molar refractivity (Wildman–Crippen MR) is 205 cm³/mol. The second-order valence-corrected chi connectivity index (χ2v) is 14.5. The van der Waals surface area contributed by atoms with E-state index in [0.29, 0.717) is 12.8 Å². The molecule has 0 saturated carbocycles. The quantitative estimate of drug-likeness (QED) is 0.0245. The lowest BCUT2D eigenvalue weighted by Gasteiger charge is -2.20. The normalized spacial score (nSPS) is 14.5. The van der Waals surface area contributed by atoms with Gasteiger partial charge in [0.15, 0.2) is 6.10 Å². The van der Waals surface area contributed by atoms with Crippen molar-refractivity contribution in [3.05, 3.63) is 48.6 Å². The van der Waals surface area contributed by atoms with Crippen LogP contribution in [0.5, 0.6) is 0 Å². The first kappa shape index (κ1) is 48.9. The molecule has 51 heavy (non-hydrogen) atoms. The number of rotatable bonds is 36. The van der Waals surface area contributed by atoms with E-state index in [0.717, 1.165) is 57.8 Å². The van der Waals surface area contributed by atoms with Crippen LogP contribution >= 0.6 is 7.82 Å². The first-order chi connectivity index (χ1) is 24.7. The van der Waals surface area contributed by atoms with E-state index in [-0.39, 0.29) is 19.4 Å². The first-order valence-corrected chi connectivity index (χ1v) is 21.1. The van der Waals surface area contributed by atoms with Crippen molar-refractivity contribution in [2.75, 3.05) is 26.4 Å². The second kappa shape index (κ2) is 36.3. The first-order valence-electron chi connectivity index (χ1n) is 19.6. The Morgan fingerprint density at radius 3 is 1.63 bits per heavy atom. The van der Waals surface area contributed by atoms with Crippen LogP contribution in [0.2, 0.25) is 0 Å². The van der Waals surface area contributed by atoms with Gasteiger partial charge in [-0.2, -0.15) is 0 Å². The minimum atomic E-state index is -4.62. The molecule has 0 saturated heterocycles. The van der Waals surface area contributed by atoms with Gasteiger partial charge >= 0.3 is 19.8 Å². The third-order valence-corrected chi connectivity index (χ3v) is 9.04. The molecule has 0 aromatic rings. The summed E-state index contributed by atoms with van der Waals surface area (Å²) in [5, 5.41) is 18.3. The number of phosphoric acid groups is 1. The lowest BCUT2D eigenvalue weighted by molar-refractivity contribution is -0.161. The highest BCUT2D eigenvalue weighted by atomic mass is 31.2. The third-order valence-electron chi connectivity index (χ3n) is 8.09. The van der Waals surface area contributed by atoms with Crippen LogP contribution in [0.4, 0.5) is 0 Å². The molecule has 1 unspecified atom stereocenters. The highest BCUT2D eigenvalue weighted by Gasteiger charge is 2.27. The summed E-state index contributed by atoms with van der Waals surface area (Å²) < 4.78 is 32.6. The van der Waals surface area contributed by atoms with Gasteiger partial charge in [-0.1, -0.05) is 159 Å². The van der Waals surface area contributed by atoms with Crippen LogP contribution in [0.15, 0.2) is 48.6 Å². The van der Waals surface area contributed by atoms with Gasteiger partial charge in [0.05, 0.1) is 19.8 Å². The molecule has 3 atom stereocenters. The lowest BCUT2D eigenvalue weighted by atomic mass is 10.0. The largest absolute Gasteiger partial charge is 0.472 e. The van der Waals surface area contributed by atoms with E-state index < -0.39 is 51.8 Å². The number of aliphatic hydroxyl groups excluding tert-OH is 2. The fourth-order valence-electron chi connectivity index (χ4n) is 5.06. The van der Waals surface area contributed by atoms with Crippen LogP contribution in [-0.2, 0) is 32.7 Å². The van der Waals surface area contributed by atoms with E-state index in [9.17, 15) is 24.2 Å². The summed E-state index contributed by atoms with van der Waals surface area (Å²) in [6, 6.07) is 0. The number of carbonyl (C=O) groups is 2. The number of esters is 2. The molecule has 0 aliphatic heterocycles. The van der Waals surface area contributed by atoms with E-state index in [2.05, 4.69) is 30.5 Å². The molecule has 0 radical (unpaired) electrons. The topological polar surface area (TPSA) is 149 Å². The monoisotopic (exact) mass is 742 g/mol. The molecule has 0 heterocycles. The van der Waals surface area contributed by atoms with Gasteiger partial charge in [0, 0.05) is 12.8 Å². The van der Waals surface area contributed by atoms with Crippen molar-refractivity contribution in [3.8, 4) is 0 Å². The zero-order chi connectivity index (χ0) is 37.7. The molecular formula is C40H71O10P. The van der Waals surface area contributed by atoms with E-state index >= 15 is 0 Å². The van der Waals surface area contributed by atoms with E-state index in [1.165, 1.54) is 57.8 Å². The van der Waals surface area contributed by atoms with Gasteiger partial charge in [-0.25, -0.2) is 4.57 Å². The number of phosphoric ester groups is 1. The molecule has 0 spiro atoms. The average Bonchev–Trinajstić information content (AvgIpc) is 3.12. The van der Waals surface area contributed by atoms with Crippen molar-refractivity contribution >= 4 is 19.8 Å². The number of unbranched alkanes of at least 4 members (excludes halogenated alkanes) is 17. The Kier molecular flexibility index (Phi) is 34.8. The molecule has 0 amide bonds. The standard InChI is InChI=1S/C40H71O10P/c1-3-5-7-9-11-13-15-17-18-20-22-24-26-28-30-32-40(44)50-38(36-49-51(45,46)48-34-37(42)33-41)35-47-39(43)31-29-27-25-23-21-19-16-14-12-10-8-6-4-2/h5,7,9,11,13,15,17-18,37-38,41-42H,3-4,6,8,10,12,14,16,19-36H2,1-2H3,(H,45,46)/b7-5+,11-9+,15-13+,18-17+/t37-,38+/m0/s1. The Hall–Kier alpha value is -2.07. The minimum Gasteiger partial charge on any atom is -0.462 e. The average molecular weight is 743 g/mol. The fourth-order valence-corrected chi connectivity index (χ4v) is 5.85. The maximum Gasteiger partial charge on any atom is 0.472 e. The summed E-state index contributed by atoms with van der Waals surface area (Å²) in [6.07, 6.45) is 36.5. The van der Waals surface area contributed by atoms with Crippen LogP contribution in [0.3, 0.4) is 0 Å². The van der Waals surface area contributed by atoms with Gasteiger partial charge in [-0.15, -0.1) is 0 Å². The number of aliphatic hydroxyl groups is 2. The zero-order valence-electron chi connectivity index (χ0n) is 31.8. The van der Waals surface area contributed by atoms with Gasteiger partial charge in [-0.3, -0.25) is 18.6 Å². The number of carbonyl (C=O) groups excluding carboxylic acids is 2. The second-order valence-electron chi connectivity index (χ2n) is 13.0. The number of ether oxygens (including phenoxy) is 2. The molecule has 10 nitrogen and oxygen atoms in total. The number of hydrogen-bond acceptors (Lipinski definition) is 9. The Balaban J connectivity index is 4.40. The molecule has 0 fully saturated rings. The van der Waals surface area contributed by atoms with Crippen LogP contribution in [0.25, 0.3) is 0 Å². The smallest absolute Gasteiger partial charge is 0.462 e. The fraction of sp³-hybridized carbons (Fsp3) is 0.750. The highest BCUT2D eigenvalue weighted by molar-refractivity contribution is 7.47. The summed E-state index contributed by atoms with van der Waals surface area (Å²) in [5.74, 6) is -0.953. The molecule has 0 bridgehead atoms. The Bertz CT molecular complexity index is 994. The van der Waals surface area contributed by atoms with Gasteiger partial charge in [0.1, 0.15) is 12.7 Å². The molecule has 0 rings (SSSR count).